The van der Waals surface area contributed by atoms with E-state index in [0.29, 0.717) is 5.69 Å². The molecular formula is C13H20ClFN2O. The molecule has 0 aliphatic carbocycles. The molecule has 0 saturated carbocycles. The largest absolute Gasteiger partial charge is 0.325 e. The number of anilines is 1. The van der Waals surface area contributed by atoms with Gasteiger partial charge >= 0.3 is 0 Å². The van der Waals surface area contributed by atoms with Gasteiger partial charge in [0.05, 0.1) is 6.04 Å². The van der Waals surface area contributed by atoms with Gasteiger partial charge in [-0.15, -0.1) is 12.4 Å². The average molecular weight is 275 g/mol. The molecule has 0 aromatic heterocycles. The van der Waals surface area contributed by atoms with Crippen molar-refractivity contribution < 1.29 is 9.18 Å². The van der Waals surface area contributed by atoms with Crippen LogP contribution in [0.3, 0.4) is 0 Å². The second-order valence-corrected chi connectivity index (χ2v) is 4.42. The van der Waals surface area contributed by atoms with Crippen molar-refractivity contribution >= 4 is 24.0 Å². The van der Waals surface area contributed by atoms with Gasteiger partial charge in [-0.3, -0.25) is 4.79 Å². The molecule has 3 N–H and O–H groups in total. The number of hydrogen-bond donors (Lipinski definition) is 2. The van der Waals surface area contributed by atoms with Gasteiger partial charge in [-0.25, -0.2) is 4.39 Å². The number of carbonyl (C=O) groups excluding carboxylic acids is 1. The van der Waals surface area contributed by atoms with Crippen molar-refractivity contribution in [3.8, 4) is 0 Å². The maximum absolute atomic E-state index is 13.1. The van der Waals surface area contributed by atoms with Crippen molar-refractivity contribution in [2.24, 2.45) is 11.7 Å². The molecular weight excluding hydrogens is 255 g/mol. The van der Waals surface area contributed by atoms with Crippen LogP contribution in [0, 0.1) is 18.7 Å². The van der Waals surface area contributed by atoms with E-state index in [1.54, 1.807) is 13.0 Å². The first-order valence-electron chi connectivity index (χ1n) is 5.77. The highest BCUT2D eigenvalue weighted by Crippen LogP contribution is 2.14. The fourth-order valence-electron chi connectivity index (χ4n) is 1.55. The van der Waals surface area contributed by atoms with Crippen LogP contribution < -0.4 is 11.1 Å². The van der Waals surface area contributed by atoms with Gasteiger partial charge in [-0.05, 0) is 36.6 Å². The molecule has 1 amide bonds. The Bertz CT molecular complexity index is 392. The normalized spacial score (nSPS) is 13.4. The highest BCUT2D eigenvalue weighted by molar-refractivity contribution is 5.94. The summed E-state index contributed by atoms with van der Waals surface area (Å²) in [6.07, 6.45) is 0.830. The predicted molar refractivity (Wildman–Crippen MR) is 74.4 cm³/mol. The topological polar surface area (TPSA) is 55.1 Å². The van der Waals surface area contributed by atoms with Crippen LogP contribution in [-0.4, -0.2) is 11.9 Å². The number of benzene rings is 1. The fraction of sp³-hybridized carbons (Fsp3) is 0.462. The lowest BCUT2D eigenvalue weighted by Gasteiger charge is -2.17. The van der Waals surface area contributed by atoms with E-state index in [1.807, 2.05) is 13.8 Å². The van der Waals surface area contributed by atoms with Crippen molar-refractivity contribution in [3.63, 3.8) is 0 Å². The number of amides is 1. The number of halogens is 2. The Hall–Kier alpha value is -1.13. The average Bonchev–Trinajstić information content (AvgIpc) is 2.25. The first-order chi connectivity index (χ1) is 7.93. The fourth-order valence-corrected chi connectivity index (χ4v) is 1.55. The molecule has 0 aliphatic heterocycles. The van der Waals surface area contributed by atoms with E-state index in [0.717, 1.165) is 12.0 Å². The molecule has 1 aromatic rings. The highest BCUT2D eigenvalue weighted by atomic mass is 35.5. The lowest BCUT2D eigenvalue weighted by atomic mass is 9.99. The Balaban J connectivity index is 0.00000289. The third-order valence-corrected chi connectivity index (χ3v) is 2.87. The second kappa shape index (κ2) is 7.34. The zero-order chi connectivity index (χ0) is 13.0. The molecule has 102 valence electrons. The summed E-state index contributed by atoms with van der Waals surface area (Å²) in [5.74, 6) is -0.536. The van der Waals surface area contributed by atoms with Crippen molar-refractivity contribution in [2.75, 3.05) is 5.32 Å². The van der Waals surface area contributed by atoms with Crippen molar-refractivity contribution in [1.82, 2.24) is 0 Å². The Morgan fingerprint density at radius 3 is 2.56 bits per heavy atom. The predicted octanol–water partition coefficient (Wildman–Crippen LogP) is 2.87. The van der Waals surface area contributed by atoms with Crippen LogP contribution in [0.15, 0.2) is 18.2 Å². The number of hydrogen-bond acceptors (Lipinski definition) is 2. The number of carbonyl (C=O) groups is 1. The van der Waals surface area contributed by atoms with E-state index < -0.39 is 6.04 Å². The van der Waals surface area contributed by atoms with Gasteiger partial charge in [0.25, 0.3) is 0 Å². The molecule has 0 radical (unpaired) electrons. The molecule has 0 fully saturated rings. The van der Waals surface area contributed by atoms with Gasteiger partial charge in [0, 0.05) is 5.69 Å². The maximum Gasteiger partial charge on any atom is 0.241 e. The lowest BCUT2D eigenvalue weighted by Crippen LogP contribution is -2.40. The van der Waals surface area contributed by atoms with Gasteiger partial charge in [-0.2, -0.15) is 0 Å². The summed E-state index contributed by atoms with van der Waals surface area (Å²) in [5.41, 5.74) is 7.00. The standard InChI is InChI=1S/C13H19FN2O.ClH/c1-4-9(3)12(15)13(17)16-11-6-8(2)5-10(14)7-11;/h5-7,9,12H,4,15H2,1-3H3,(H,16,17);1H. The van der Waals surface area contributed by atoms with Crippen LogP contribution in [0.25, 0.3) is 0 Å². The molecule has 0 bridgehead atoms. The van der Waals surface area contributed by atoms with E-state index in [9.17, 15) is 9.18 Å². The zero-order valence-corrected chi connectivity index (χ0v) is 11.7. The number of nitrogens with two attached hydrogens (primary N) is 1. The molecule has 2 unspecified atom stereocenters. The second-order valence-electron chi connectivity index (χ2n) is 4.42. The monoisotopic (exact) mass is 274 g/mol. The third kappa shape index (κ3) is 4.63. The summed E-state index contributed by atoms with van der Waals surface area (Å²) in [4.78, 5) is 11.8. The highest BCUT2D eigenvalue weighted by Gasteiger charge is 2.19. The summed E-state index contributed by atoms with van der Waals surface area (Å²) >= 11 is 0. The minimum atomic E-state index is -0.566. The summed E-state index contributed by atoms with van der Waals surface area (Å²) in [6, 6.07) is 3.84. The van der Waals surface area contributed by atoms with Gasteiger partial charge in [0.1, 0.15) is 5.82 Å². The van der Waals surface area contributed by atoms with E-state index in [4.69, 9.17) is 5.73 Å². The molecule has 0 saturated heterocycles. The number of aryl methyl sites for hydroxylation is 1. The van der Waals surface area contributed by atoms with Crippen molar-refractivity contribution in [2.45, 2.75) is 33.2 Å². The molecule has 5 heteroatoms. The smallest absolute Gasteiger partial charge is 0.241 e. The molecule has 0 spiro atoms. The quantitative estimate of drug-likeness (QED) is 0.887. The van der Waals surface area contributed by atoms with Crippen LogP contribution in [0.5, 0.6) is 0 Å². The van der Waals surface area contributed by atoms with Gasteiger partial charge in [-0.1, -0.05) is 20.3 Å². The van der Waals surface area contributed by atoms with E-state index in [2.05, 4.69) is 5.32 Å². The Morgan fingerprint density at radius 1 is 1.44 bits per heavy atom. The first-order valence-corrected chi connectivity index (χ1v) is 5.77. The minimum Gasteiger partial charge on any atom is -0.325 e. The molecule has 2 atom stereocenters. The molecule has 0 heterocycles. The Kier molecular flexibility index (Phi) is 6.88. The van der Waals surface area contributed by atoms with Crippen LogP contribution in [0.2, 0.25) is 0 Å². The molecule has 0 aliphatic rings. The Labute approximate surface area is 113 Å². The minimum absolute atomic E-state index is 0. The van der Waals surface area contributed by atoms with Crippen molar-refractivity contribution in [1.29, 1.82) is 0 Å². The van der Waals surface area contributed by atoms with E-state index in [1.165, 1.54) is 12.1 Å². The number of nitrogens with one attached hydrogen (secondary N) is 1. The summed E-state index contributed by atoms with van der Waals surface area (Å²) in [6.45, 7) is 5.67. The zero-order valence-electron chi connectivity index (χ0n) is 10.9. The maximum atomic E-state index is 13.1. The molecule has 18 heavy (non-hydrogen) atoms. The lowest BCUT2D eigenvalue weighted by molar-refractivity contribution is -0.118. The summed E-state index contributed by atoms with van der Waals surface area (Å²) in [7, 11) is 0. The van der Waals surface area contributed by atoms with Gasteiger partial charge in [0.15, 0.2) is 0 Å². The molecule has 3 nitrogen and oxygen atoms in total. The van der Waals surface area contributed by atoms with Gasteiger partial charge in [0.2, 0.25) is 5.91 Å². The van der Waals surface area contributed by atoms with Crippen LogP contribution in [0.1, 0.15) is 25.8 Å². The SMILES string of the molecule is CCC(C)C(N)C(=O)Nc1cc(C)cc(F)c1.Cl. The molecule has 1 aromatic carbocycles. The first kappa shape index (κ1) is 16.9. The Morgan fingerprint density at radius 2 is 2.06 bits per heavy atom. The number of rotatable bonds is 4. The summed E-state index contributed by atoms with van der Waals surface area (Å²) in [5, 5.41) is 2.63. The van der Waals surface area contributed by atoms with Crippen LogP contribution in [0.4, 0.5) is 10.1 Å². The van der Waals surface area contributed by atoms with Crippen LogP contribution in [-0.2, 0) is 4.79 Å². The molecule has 1 rings (SSSR count). The van der Waals surface area contributed by atoms with Gasteiger partial charge < -0.3 is 11.1 Å². The van der Waals surface area contributed by atoms with Crippen molar-refractivity contribution in [3.05, 3.63) is 29.6 Å². The summed E-state index contributed by atoms with van der Waals surface area (Å²) < 4.78 is 13.1. The van der Waals surface area contributed by atoms with E-state index in [-0.39, 0.29) is 30.0 Å². The van der Waals surface area contributed by atoms with E-state index >= 15 is 0 Å². The van der Waals surface area contributed by atoms with Crippen LogP contribution >= 0.6 is 12.4 Å². The third-order valence-electron chi connectivity index (χ3n) is 2.87.